The molecule has 0 atom stereocenters. The minimum Gasteiger partial charge on any atom is -0.508 e. The summed E-state index contributed by atoms with van der Waals surface area (Å²) in [5, 5.41) is 17.1. The average molecular weight is 596 g/mol. The van der Waals surface area contributed by atoms with Crippen molar-refractivity contribution in [1.82, 2.24) is 15.0 Å². The van der Waals surface area contributed by atoms with Gasteiger partial charge in [-0.25, -0.2) is 19.8 Å². The Morgan fingerprint density at radius 3 is 2.60 bits per heavy atom. The summed E-state index contributed by atoms with van der Waals surface area (Å²) in [5.74, 6) is -0.316. The highest BCUT2D eigenvalue weighted by Crippen LogP contribution is 2.36. The summed E-state index contributed by atoms with van der Waals surface area (Å²) >= 11 is 0. The molecule has 224 valence electrons. The first-order valence-corrected chi connectivity index (χ1v) is 13.6. The molecule has 2 aromatic heterocycles. The van der Waals surface area contributed by atoms with E-state index >= 15 is 0 Å². The lowest BCUT2D eigenvalue weighted by molar-refractivity contribution is -0.137. The van der Waals surface area contributed by atoms with E-state index in [2.05, 4.69) is 30.8 Å². The second-order valence-corrected chi connectivity index (χ2v) is 9.79. The largest absolute Gasteiger partial charge is 0.508 e. The number of pyridine rings is 1. The van der Waals surface area contributed by atoms with Gasteiger partial charge in [0.15, 0.2) is 11.6 Å². The van der Waals surface area contributed by atoms with E-state index in [0.717, 1.165) is 24.8 Å². The zero-order valence-electron chi connectivity index (χ0n) is 23.2. The molecule has 0 spiro atoms. The van der Waals surface area contributed by atoms with Crippen LogP contribution in [-0.4, -0.2) is 52.6 Å². The smallest absolute Gasteiger partial charge is 0.416 e. The van der Waals surface area contributed by atoms with E-state index < -0.39 is 17.6 Å². The van der Waals surface area contributed by atoms with E-state index in [4.69, 9.17) is 4.74 Å². The Balaban J connectivity index is 1.36. The molecule has 1 saturated heterocycles. The zero-order valence-corrected chi connectivity index (χ0v) is 23.2. The van der Waals surface area contributed by atoms with Gasteiger partial charge in [0.05, 0.1) is 48.3 Å². The fourth-order valence-electron chi connectivity index (χ4n) is 4.57. The molecule has 3 N–H and O–H groups in total. The lowest BCUT2D eigenvalue weighted by Gasteiger charge is -2.27. The number of anilines is 4. The Kier molecular flexibility index (Phi) is 9.00. The molecule has 0 bridgehead atoms. The number of alkyl halides is 3. The van der Waals surface area contributed by atoms with Gasteiger partial charge in [-0.2, -0.15) is 23.3 Å². The number of phenols is 1. The molecule has 0 amide bonds. The van der Waals surface area contributed by atoms with E-state index in [0.29, 0.717) is 60.9 Å². The van der Waals surface area contributed by atoms with Gasteiger partial charge < -0.3 is 20.1 Å². The lowest BCUT2D eigenvalue weighted by Crippen LogP contribution is -2.37. The second kappa shape index (κ2) is 13.0. The van der Waals surface area contributed by atoms with Crippen LogP contribution in [0.3, 0.4) is 0 Å². The summed E-state index contributed by atoms with van der Waals surface area (Å²) in [7, 11) is 0. The molecule has 0 saturated carbocycles. The van der Waals surface area contributed by atoms with Crippen molar-refractivity contribution in [3.8, 4) is 16.9 Å². The van der Waals surface area contributed by atoms with Crippen molar-refractivity contribution in [3.63, 3.8) is 0 Å². The number of hydrogen-bond donors (Lipinski definition) is 3. The number of nitrogens with zero attached hydrogens (tertiary/aromatic N) is 5. The third-order valence-electron chi connectivity index (χ3n) is 6.60. The highest BCUT2D eigenvalue weighted by atomic mass is 19.4. The number of phenolic OH excluding ortho intramolecular Hbond substituents is 1. The molecule has 4 aromatic rings. The van der Waals surface area contributed by atoms with Gasteiger partial charge in [0, 0.05) is 18.8 Å². The molecule has 5 rings (SSSR count). The number of hydrogen-bond acceptors (Lipinski definition) is 9. The van der Waals surface area contributed by atoms with Crippen molar-refractivity contribution >= 4 is 29.4 Å². The quantitative estimate of drug-likeness (QED) is 0.116. The normalized spacial score (nSPS) is 13.8. The van der Waals surface area contributed by atoms with Crippen LogP contribution >= 0.6 is 0 Å². The van der Waals surface area contributed by atoms with Crippen molar-refractivity contribution in [2.75, 3.05) is 41.9 Å². The van der Waals surface area contributed by atoms with Gasteiger partial charge >= 0.3 is 6.18 Å². The minimum atomic E-state index is -4.57. The molecular weight excluding hydrogens is 566 g/mol. The van der Waals surface area contributed by atoms with Crippen LogP contribution in [0.4, 0.5) is 40.7 Å². The summed E-state index contributed by atoms with van der Waals surface area (Å²) in [4.78, 5) is 14.6. The summed E-state index contributed by atoms with van der Waals surface area (Å²) in [6, 6.07) is 13.1. The summed E-state index contributed by atoms with van der Waals surface area (Å²) in [5.41, 5.74) is 4.51. The van der Waals surface area contributed by atoms with Crippen LogP contribution in [-0.2, 0) is 17.3 Å². The van der Waals surface area contributed by atoms with Gasteiger partial charge in [0.2, 0.25) is 5.95 Å². The predicted octanol–water partition coefficient (Wildman–Crippen LogP) is 6.38. The van der Waals surface area contributed by atoms with Crippen molar-refractivity contribution in [2.24, 2.45) is 5.10 Å². The van der Waals surface area contributed by atoms with E-state index in [9.17, 15) is 22.7 Å². The van der Waals surface area contributed by atoms with Crippen LogP contribution in [0.15, 0.2) is 65.9 Å². The second-order valence-electron chi connectivity index (χ2n) is 9.79. The number of halogens is 4. The van der Waals surface area contributed by atoms with Crippen LogP contribution in [0.5, 0.6) is 5.75 Å². The van der Waals surface area contributed by atoms with Crippen LogP contribution in [0.25, 0.3) is 11.1 Å². The molecule has 43 heavy (non-hydrogen) atoms. The molecular formula is C30H29F4N7O2. The Morgan fingerprint density at radius 2 is 1.86 bits per heavy atom. The number of nitrogens with one attached hydrogen (secondary N) is 2. The van der Waals surface area contributed by atoms with Crippen LogP contribution in [0.1, 0.15) is 30.3 Å². The predicted molar refractivity (Wildman–Crippen MR) is 156 cm³/mol. The van der Waals surface area contributed by atoms with Gasteiger partial charge in [-0.3, -0.25) is 0 Å². The zero-order chi connectivity index (χ0) is 30.4. The molecule has 13 heteroatoms. The van der Waals surface area contributed by atoms with Crippen molar-refractivity contribution < 1.29 is 27.4 Å². The third-order valence-corrected chi connectivity index (χ3v) is 6.60. The monoisotopic (exact) mass is 595 g/mol. The van der Waals surface area contributed by atoms with E-state index in [1.165, 1.54) is 18.3 Å². The number of rotatable bonds is 9. The molecule has 3 heterocycles. The maximum atomic E-state index is 14.3. The van der Waals surface area contributed by atoms with Gasteiger partial charge in [-0.05, 0) is 60.0 Å². The molecule has 0 radical (unpaired) electrons. The molecule has 2 aromatic carbocycles. The third kappa shape index (κ3) is 7.55. The highest BCUT2D eigenvalue weighted by Gasteiger charge is 2.31. The summed E-state index contributed by atoms with van der Waals surface area (Å²) in [6.07, 6.45) is -0.745. The number of benzene rings is 2. The molecule has 0 aliphatic carbocycles. The van der Waals surface area contributed by atoms with Gasteiger partial charge in [0.25, 0.3) is 0 Å². The Bertz CT molecular complexity index is 1610. The van der Waals surface area contributed by atoms with Crippen LogP contribution < -0.4 is 15.6 Å². The Hall–Kier alpha value is -4.78. The number of aromatic nitrogens is 3. The fourth-order valence-corrected chi connectivity index (χ4v) is 4.57. The van der Waals surface area contributed by atoms with Crippen molar-refractivity contribution in [1.29, 1.82) is 0 Å². The first kappa shape index (κ1) is 29.7. The Morgan fingerprint density at radius 1 is 1.05 bits per heavy atom. The molecule has 9 nitrogen and oxygen atoms in total. The average Bonchev–Trinajstić information content (AvgIpc) is 2.99. The lowest BCUT2D eigenvalue weighted by atomic mass is 10.0. The van der Waals surface area contributed by atoms with Crippen LogP contribution in [0, 0.1) is 5.82 Å². The van der Waals surface area contributed by atoms with Crippen molar-refractivity contribution in [2.45, 2.75) is 25.9 Å². The first-order valence-electron chi connectivity index (χ1n) is 13.6. The number of morpholine rings is 1. The number of aromatic hydroxyl groups is 1. The van der Waals surface area contributed by atoms with E-state index in [1.807, 2.05) is 6.92 Å². The number of hydrazone groups is 1. The first-order chi connectivity index (χ1) is 20.7. The molecule has 0 unspecified atom stereocenters. The topological polar surface area (TPSA) is 108 Å². The fraction of sp³-hybridized carbons (Fsp3) is 0.267. The SMILES string of the molecule is CCCc1nc(/C=N/Nc2ncc(F)c(N3CCOCC3)n2)ccc1Nc1cc(-c2cccc(O)c2)cc(C(F)(F)F)c1. The minimum absolute atomic E-state index is 0.0471. The van der Waals surface area contributed by atoms with Gasteiger partial charge in [-0.15, -0.1) is 0 Å². The summed E-state index contributed by atoms with van der Waals surface area (Å²) in [6.45, 7) is 3.95. The summed E-state index contributed by atoms with van der Waals surface area (Å²) < 4.78 is 60.9. The number of aryl methyl sites for hydroxylation is 1. The standard InChI is InChI=1S/C30H29F4N7O2/c1-2-4-26-27(38-23-14-20(13-21(16-23)30(32,33)34)19-5-3-6-24(42)15-19)8-7-22(37-26)17-36-40-29-35-18-25(31)28(39-29)41-9-11-43-12-10-41/h3,5-8,13-18,38,42H,2,4,9-12H2,1H3,(H,35,39,40)/b36-17+. The molecule has 1 fully saturated rings. The van der Waals surface area contributed by atoms with Gasteiger partial charge in [-0.1, -0.05) is 25.5 Å². The maximum absolute atomic E-state index is 14.3. The van der Waals surface area contributed by atoms with E-state index in [-0.39, 0.29) is 23.2 Å². The highest BCUT2D eigenvalue weighted by molar-refractivity contribution is 5.79. The number of ether oxygens (including phenoxy) is 1. The molecule has 1 aliphatic heterocycles. The molecule has 1 aliphatic rings. The van der Waals surface area contributed by atoms with Crippen LogP contribution in [0.2, 0.25) is 0 Å². The van der Waals surface area contributed by atoms with E-state index in [1.54, 1.807) is 35.2 Å². The maximum Gasteiger partial charge on any atom is 0.416 e. The van der Waals surface area contributed by atoms with Gasteiger partial charge in [0.1, 0.15) is 5.75 Å². The van der Waals surface area contributed by atoms with Crippen molar-refractivity contribution in [3.05, 3.63) is 83.6 Å². The Labute approximate surface area is 245 Å².